The van der Waals surface area contributed by atoms with E-state index in [2.05, 4.69) is 234 Å². The third-order valence-electron chi connectivity index (χ3n) is 13.8. The summed E-state index contributed by atoms with van der Waals surface area (Å²) in [5.74, 6) is 2.12. The second-order valence-corrected chi connectivity index (χ2v) is 22.5. The van der Waals surface area contributed by atoms with Crippen LogP contribution < -0.4 is 9.30 Å². The molecule has 3 aromatic heterocycles. The summed E-state index contributed by atoms with van der Waals surface area (Å²) in [6.07, 6.45) is 5.44. The molecule has 0 saturated heterocycles. The predicted molar refractivity (Wildman–Crippen MR) is 278 cm³/mol. The molecule has 0 spiro atoms. The number of hydrogen-bond acceptors (Lipinski definition) is 2. The molecule has 5 heteroatoms. The molecule has 6 aromatic carbocycles. The minimum absolute atomic E-state index is 0.0276. The van der Waals surface area contributed by atoms with E-state index in [0.717, 1.165) is 55.6 Å². The van der Waals surface area contributed by atoms with Crippen LogP contribution in [-0.4, -0.2) is 14.1 Å². The zero-order valence-corrected chi connectivity index (χ0v) is 41.6. The molecule has 0 saturated carbocycles. The number of pyridine rings is 1. The lowest BCUT2D eigenvalue weighted by Crippen LogP contribution is -2.30. The highest BCUT2D eigenvalue weighted by Gasteiger charge is 2.28. The van der Waals surface area contributed by atoms with Gasteiger partial charge in [0, 0.05) is 46.2 Å². The van der Waals surface area contributed by atoms with Crippen molar-refractivity contribution in [3.05, 3.63) is 209 Å². The van der Waals surface area contributed by atoms with Crippen molar-refractivity contribution in [3.63, 3.8) is 0 Å². The van der Waals surface area contributed by atoms with Crippen LogP contribution in [0.4, 0.5) is 0 Å². The molecule has 0 aliphatic heterocycles. The third-order valence-corrected chi connectivity index (χ3v) is 13.8. The Morgan fingerprint density at radius 1 is 0.493 bits per heavy atom. The molecule has 3 heterocycles. The Balaban J connectivity index is 1.21. The summed E-state index contributed by atoms with van der Waals surface area (Å²) in [7, 11) is 0. The van der Waals surface area contributed by atoms with E-state index in [1.54, 1.807) is 9.13 Å². The van der Waals surface area contributed by atoms with Crippen LogP contribution in [0.25, 0.3) is 39.0 Å². The molecule has 9 aromatic rings. The van der Waals surface area contributed by atoms with Crippen LogP contribution in [0, 0.1) is 6.33 Å². The summed E-state index contributed by atoms with van der Waals surface area (Å²) in [6.45, 7) is 28.9. The second-order valence-electron chi connectivity index (χ2n) is 22.5. The highest BCUT2D eigenvalue weighted by atomic mass is 16.5. The lowest BCUT2D eigenvalue weighted by Gasteiger charge is -2.27. The molecule has 0 bridgehead atoms. The van der Waals surface area contributed by atoms with E-state index in [0.29, 0.717) is 17.2 Å². The Labute approximate surface area is 401 Å². The maximum atomic E-state index is 9.42. The average molecular weight is 885 g/mol. The topological polar surface area (TPSA) is 35.9 Å². The van der Waals surface area contributed by atoms with Crippen molar-refractivity contribution in [3.8, 4) is 28.7 Å². The Hall–Kier alpha value is -6.72. The van der Waals surface area contributed by atoms with Crippen LogP contribution in [0.5, 0.6) is 11.5 Å². The van der Waals surface area contributed by atoms with Gasteiger partial charge in [-0.15, -0.1) is 0 Å². The number of ether oxygens (including phenoxy) is 1. The molecule has 0 amide bonds. The smallest absolute Gasteiger partial charge is 0.268 e. The number of fused-ring (bicyclic) bond motifs is 3. The van der Waals surface area contributed by atoms with Gasteiger partial charge in [-0.05, 0) is 122 Å². The molecule has 0 radical (unpaired) electrons. The molecule has 0 fully saturated rings. The number of benzene rings is 6. The molecule has 67 heavy (non-hydrogen) atoms. The SMILES string of the molecule is [2H]c1c([2H])[n+](-c2cc(C(C)(C)C)cc(C(C)(C)C)c2)[c-]n1-c1cc(Oc2ccc3c4cc(C(C)(C)c5ccccc5)ccc4n(-c4cc(C(C)(C)C)ccn4)c3c2)cc(C(C)(C)c2ccccc2)c1. The van der Waals surface area contributed by atoms with Crippen molar-refractivity contribution in [1.29, 1.82) is 0 Å². The quantitative estimate of drug-likeness (QED) is 0.107. The van der Waals surface area contributed by atoms with Crippen molar-refractivity contribution in [2.75, 3.05) is 0 Å². The van der Waals surface area contributed by atoms with E-state index >= 15 is 0 Å². The largest absolute Gasteiger partial charge is 0.458 e. The summed E-state index contributed by atoms with van der Waals surface area (Å²) < 4.78 is 31.4. The summed E-state index contributed by atoms with van der Waals surface area (Å²) in [5.41, 5.74) is 10.7. The van der Waals surface area contributed by atoms with Gasteiger partial charge < -0.3 is 4.74 Å². The number of aromatic nitrogens is 4. The van der Waals surface area contributed by atoms with Crippen molar-refractivity contribution in [2.45, 2.75) is 117 Å². The molecule has 0 aliphatic carbocycles. The van der Waals surface area contributed by atoms with Crippen LogP contribution >= 0.6 is 0 Å². The molecule has 340 valence electrons. The van der Waals surface area contributed by atoms with Gasteiger partial charge in [0.25, 0.3) is 6.33 Å². The van der Waals surface area contributed by atoms with Crippen LogP contribution in [0.3, 0.4) is 0 Å². The van der Waals surface area contributed by atoms with Gasteiger partial charge in [0.05, 0.1) is 25.1 Å². The predicted octanol–water partition coefficient (Wildman–Crippen LogP) is 15.4. The lowest BCUT2D eigenvalue weighted by atomic mass is 9.78. The van der Waals surface area contributed by atoms with Gasteiger partial charge in [0.1, 0.15) is 17.3 Å². The van der Waals surface area contributed by atoms with Crippen molar-refractivity contribution in [1.82, 2.24) is 14.1 Å². The third kappa shape index (κ3) is 8.85. The Morgan fingerprint density at radius 2 is 1.10 bits per heavy atom. The molecular weight excluding hydrogens is 817 g/mol. The van der Waals surface area contributed by atoms with E-state index < -0.39 is 5.41 Å². The summed E-state index contributed by atoms with van der Waals surface area (Å²) in [6, 6.07) is 51.4. The molecular formula is C62H66N4O. The van der Waals surface area contributed by atoms with Crippen molar-refractivity contribution >= 4 is 21.8 Å². The first kappa shape index (κ1) is 42.9. The van der Waals surface area contributed by atoms with E-state index in [4.69, 9.17) is 9.72 Å². The van der Waals surface area contributed by atoms with Crippen molar-refractivity contribution in [2.24, 2.45) is 0 Å². The van der Waals surface area contributed by atoms with Gasteiger partial charge in [0.2, 0.25) is 0 Å². The van der Waals surface area contributed by atoms with E-state index in [9.17, 15) is 2.74 Å². The fraction of sp³-hybridized carbons (Fsp3) is 0.290. The van der Waals surface area contributed by atoms with Gasteiger partial charge >= 0.3 is 0 Å². The maximum absolute atomic E-state index is 9.42. The number of hydrogen-bond donors (Lipinski definition) is 0. The van der Waals surface area contributed by atoms with Crippen LogP contribution in [0.2, 0.25) is 0 Å². The van der Waals surface area contributed by atoms with Gasteiger partial charge in [-0.25, -0.2) is 4.98 Å². The van der Waals surface area contributed by atoms with Gasteiger partial charge in [-0.2, -0.15) is 0 Å². The zero-order chi connectivity index (χ0) is 49.4. The lowest BCUT2D eigenvalue weighted by molar-refractivity contribution is -0.599. The van der Waals surface area contributed by atoms with Gasteiger partial charge in [-0.3, -0.25) is 13.7 Å². The molecule has 9 rings (SSSR count). The fourth-order valence-electron chi connectivity index (χ4n) is 9.12. The average Bonchev–Trinajstić information content (AvgIpc) is 3.80. The van der Waals surface area contributed by atoms with Crippen LogP contribution in [0.1, 0.15) is 132 Å². The second kappa shape index (κ2) is 16.6. The first-order chi connectivity index (χ1) is 32.4. The molecule has 0 aliphatic rings. The van der Waals surface area contributed by atoms with E-state index in [1.807, 2.05) is 18.3 Å². The summed E-state index contributed by atoms with van der Waals surface area (Å²) in [5, 5.41) is 2.24. The number of rotatable bonds is 9. The maximum Gasteiger partial charge on any atom is 0.268 e. The normalized spacial score (nSPS) is 13.3. The zero-order valence-electron chi connectivity index (χ0n) is 43.6. The Kier molecular flexibility index (Phi) is 10.6. The Morgan fingerprint density at radius 3 is 1.72 bits per heavy atom. The highest BCUT2D eigenvalue weighted by Crippen LogP contribution is 2.41. The van der Waals surface area contributed by atoms with Crippen LogP contribution in [-0.2, 0) is 27.1 Å². The molecule has 0 N–H and O–H groups in total. The molecule has 5 nitrogen and oxygen atoms in total. The summed E-state index contributed by atoms with van der Waals surface area (Å²) >= 11 is 0. The Bertz CT molecular complexity index is 3340. The van der Waals surface area contributed by atoms with E-state index in [-0.39, 0.29) is 34.0 Å². The minimum atomic E-state index is -0.446. The standard InChI is InChI=1S/C62H66N4O/c1-58(2,3)44-28-29-63-57(38-44)66-55-27-24-45(61(10,11)42-20-16-14-17-21-42)37-54(55)53-26-25-51(40-56(53)66)67-52-36-48(62(12,13)43-22-18-15-19-23-43)35-50(39-52)65-31-30-64(41-65)49-33-46(59(4,5)6)32-47(34-49)60(7,8)9/h14-40H,1-13H3/i30D,31D. The van der Waals surface area contributed by atoms with E-state index in [1.165, 1.54) is 16.7 Å². The van der Waals surface area contributed by atoms with Crippen LogP contribution in [0.15, 0.2) is 164 Å². The highest BCUT2D eigenvalue weighted by molar-refractivity contribution is 6.10. The molecule has 0 atom stereocenters. The number of nitrogens with zero attached hydrogens (tertiary/aromatic N) is 4. The first-order valence-corrected chi connectivity index (χ1v) is 23.6. The van der Waals surface area contributed by atoms with Crippen molar-refractivity contribution < 1.29 is 12.0 Å². The minimum Gasteiger partial charge on any atom is -0.458 e. The monoisotopic (exact) mass is 885 g/mol. The van der Waals surface area contributed by atoms with Gasteiger partial charge in [0.15, 0.2) is 0 Å². The first-order valence-electron chi connectivity index (χ1n) is 24.6. The molecule has 0 unspecified atom stereocenters. The number of imidazole rings is 1. The fourth-order valence-corrected chi connectivity index (χ4v) is 9.12. The summed E-state index contributed by atoms with van der Waals surface area (Å²) in [4.78, 5) is 4.99. The van der Waals surface area contributed by atoms with Gasteiger partial charge in [-0.1, -0.05) is 163 Å².